The van der Waals surface area contributed by atoms with Crippen LogP contribution in [0.3, 0.4) is 0 Å². The molecule has 24 heavy (non-hydrogen) atoms. The first-order valence-corrected chi connectivity index (χ1v) is 6.91. The van der Waals surface area contributed by atoms with Gasteiger partial charge in [-0.25, -0.2) is 13.2 Å². The smallest absolute Gasteiger partial charge is 0.256 e. The van der Waals surface area contributed by atoms with Crippen molar-refractivity contribution in [3.63, 3.8) is 0 Å². The van der Waals surface area contributed by atoms with Crippen molar-refractivity contribution in [2.75, 3.05) is 20.4 Å². The minimum absolute atomic E-state index is 0. The van der Waals surface area contributed by atoms with Crippen LogP contribution >= 0.6 is 0 Å². The van der Waals surface area contributed by atoms with Crippen molar-refractivity contribution in [1.82, 2.24) is 4.90 Å². The van der Waals surface area contributed by atoms with Crippen LogP contribution in [0.2, 0.25) is 0 Å². The third-order valence-corrected chi connectivity index (χ3v) is 3.34. The topological polar surface area (TPSA) is 21.7 Å². The van der Waals surface area contributed by atoms with E-state index in [0.717, 1.165) is 0 Å². The van der Waals surface area contributed by atoms with Gasteiger partial charge in [-0.1, -0.05) is 24.8 Å². The van der Waals surface area contributed by atoms with Gasteiger partial charge in [-0.05, 0) is 11.8 Å². The summed E-state index contributed by atoms with van der Waals surface area (Å²) in [5.74, 6) is -0.309. The third kappa shape index (κ3) is 4.94. The number of allylic oxidation sites excluding steroid dienone is 3. The van der Waals surface area contributed by atoms with Gasteiger partial charge in [-0.15, -0.1) is 11.6 Å². The summed E-state index contributed by atoms with van der Waals surface area (Å²) in [7, 11) is 1.45. The fourth-order valence-electron chi connectivity index (χ4n) is 2.15. The van der Waals surface area contributed by atoms with Crippen molar-refractivity contribution in [3.05, 3.63) is 59.6 Å². The average molecular weight is 413 g/mol. The second-order valence-electron chi connectivity index (χ2n) is 4.96. The maximum absolute atomic E-state index is 14.4. The van der Waals surface area contributed by atoms with Gasteiger partial charge < -0.3 is 14.4 Å². The summed E-state index contributed by atoms with van der Waals surface area (Å²) >= 11 is 0. The van der Waals surface area contributed by atoms with Crippen molar-refractivity contribution < 1.29 is 55.4 Å². The van der Waals surface area contributed by atoms with Gasteiger partial charge in [-0.2, -0.15) is 12.2 Å². The molecule has 0 aliphatic carbocycles. The number of ether oxygens (including phenoxy) is 2. The van der Waals surface area contributed by atoms with Crippen LogP contribution in [0.1, 0.15) is 12.5 Å². The molecule has 2 rings (SSSR count). The molecule has 127 valence electrons. The molecule has 1 aliphatic heterocycles. The summed E-state index contributed by atoms with van der Waals surface area (Å²) in [6.45, 7) is 4.95. The number of benzene rings is 1. The molecule has 0 N–H and O–H groups in total. The van der Waals surface area contributed by atoms with Crippen LogP contribution in [-0.2, 0) is 37.4 Å². The fraction of sp³-hybridized carbons (Fsp3) is 0.294. The molecule has 1 aromatic carbocycles. The number of methoxy groups -OCH3 is 1. The zero-order chi connectivity index (χ0) is 17.0. The van der Waals surface area contributed by atoms with E-state index in [2.05, 4.69) is 12.7 Å². The van der Waals surface area contributed by atoms with Gasteiger partial charge in [0.1, 0.15) is 5.75 Å². The number of hydrogen-bond acceptors (Lipinski definition) is 3. The van der Waals surface area contributed by atoms with Crippen molar-refractivity contribution in [2.24, 2.45) is 0 Å². The number of hydrogen-bond donors (Lipinski definition) is 0. The van der Waals surface area contributed by atoms with E-state index in [4.69, 9.17) is 9.47 Å². The van der Waals surface area contributed by atoms with E-state index in [-0.39, 0.29) is 56.5 Å². The minimum atomic E-state index is -2.58. The summed E-state index contributed by atoms with van der Waals surface area (Å²) in [5.41, 5.74) is 1.48. The van der Waals surface area contributed by atoms with E-state index in [1.54, 1.807) is 19.1 Å². The molecule has 0 fully saturated rings. The van der Waals surface area contributed by atoms with Crippen LogP contribution in [0.15, 0.2) is 42.1 Å². The number of halogens is 3. The first-order chi connectivity index (χ1) is 10.9. The Morgan fingerprint density at radius 1 is 1.33 bits per heavy atom. The van der Waals surface area contributed by atoms with Crippen LogP contribution in [0.25, 0.3) is 5.70 Å². The monoisotopic (exact) mass is 413 g/mol. The molecule has 1 aliphatic rings. The first kappa shape index (κ1) is 20.9. The molecule has 0 bridgehead atoms. The minimum Gasteiger partial charge on any atom is -0.468 e. The SMILES string of the molecule is C=C1C(C)=C[C-]=C(c2ccc(OCOC)cc2F)N1CC(F)F.[Y]. The van der Waals surface area contributed by atoms with Gasteiger partial charge in [-0.3, -0.25) is 0 Å². The molecule has 0 atom stereocenters. The molecule has 7 heteroatoms. The zero-order valence-electron chi connectivity index (χ0n) is 13.5. The summed E-state index contributed by atoms with van der Waals surface area (Å²) in [4.78, 5) is 1.27. The summed E-state index contributed by atoms with van der Waals surface area (Å²) in [5, 5.41) is 0. The van der Waals surface area contributed by atoms with Gasteiger partial charge in [0.05, 0.1) is 12.4 Å². The van der Waals surface area contributed by atoms with Crippen LogP contribution < -0.4 is 4.74 Å². The van der Waals surface area contributed by atoms with E-state index in [9.17, 15) is 13.2 Å². The van der Waals surface area contributed by atoms with Crippen LogP contribution in [0.5, 0.6) is 5.75 Å². The quantitative estimate of drug-likeness (QED) is 0.520. The molecule has 1 heterocycles. The van der Waals surface area contributed by atoms with E-state index >= 15 is 0 Å². The van der Waals surface area contributed by atoms with Crippen LogP contribution in [-0.4, -0.2) is 31.8 Å². The second kappa shape index (κ2) is 9.40. The van der Waals surface area contributed by atoms with Crippen molar-refractivity contribution in [1.29, 1.82) is 0 Å². The predicted molar refractivity (Wildman–Crippen MR) is 81.2 cm³/mol. The van der Waals surface area contributed by atoms with Crippen LogP contribution in [0, 0.1) is 11.9 Å². The Morgan fingerprint density at radius 3 is 2.62 bits per heavy atom. The zero-order valence-corrected chi connectivity index (χ0v) is 16.3. The molecule has 0 saturated heterocycles. The molecule has 0 amide bonds. The first-order valence-electron chi connectivity index (χ1n) is 6.91. The molecule has 0 saturated carbocycles. The van der Waals surface area contributed by atoms with E-state index in [0.29, 0.717) is 11.3 Å². The fourth-order valence-corrected chi connectivity index (χ4v) is 2.15. The Labute approximate surface area is 164 Å². The van der Waals surface area contributed by atoms with Crippen molar-refractivity contribution >= 4 is 5.70 Å². The Balaban J connectivity index is 0.00000288. The standard InChI is InChI=1S/C17H17F3NO2.Y/c1-11-4-7-16(21(12(11)2)9-17(19)20)14-6-5-13(8-15(14)18)23-10-22-3;/h4-6,8,17H,2,9-10H2,1,3H3;/q-1;. The van der Waals surface area contributed by atoms with Crippen LogP contribution in [0.4, 0.5) is 13.2 Å². The normalized spacial score (nSPS) is 14.2. The second-order valence-corrected chi connectivity index (χ2v) is 4.96. The summed E-state index contributed by atoms with van der Waals surface area (Å²) in [6.07, 6.45) is 1.88. The van der Waals surface area contributed by atoms with E-state index < -0.39 is 18.8 Å². The van der Waals surface area contributed by atoms with Gasteiger partial charge in [0.15, 0.2) is 6.79 Å². The molecule has 0 aromatic heterocycles. The maximum Gasteiger partial charge on any atom is 0.256 e. The number of rotatable bonds is 6. The third-order valence-electron chi connectivity index (χ3n) is 3.34. The summed E-state index contributed by atoms with van der Waals surface area (Å²) < 4.78 is 49.9. The Hall–Kier alpha value is -1.11. The van der Waals surface area contributed by atoms with Gasteiger partial charge in [0, 0.05) is 45.9 Å². The maximum atomic E-state index is 14.4. The number of nitrogens with zero attached hydrogens (tertiary/aromatic N) is 1. The van der Waals surface area contributed by atoms with Crippen molar-refractivity contribution in [3.8, 4) is 5.75 Å². The van der Waals surface area contributed by atoms with Gasteiger partial charge in [0.25, 0.3) is 6.43 Å². The van der Waals surface area contributed by atoms with Gasteiger partial charge in [0.2, 0.25) is 0 Å². The number of alkyl halides is 2. The molecular formula is C17H17F3NO2Y-. The predicted octanol–water partition coefficient (Wildman–Crippen LogP) is 3.99. The Kier molecular flexibility index (Phi) is 8.20. The van der Waals surface area contributed by atoms with E-state index in [1.165, 1.54) is 24.1 Å². The average Bonchev–Trinajstić information content (AvgIpc) is 2.50. The largest absolute Gasteiger partial charge is 0.468 e. The van der Waals surface area contributed by atoms with E-state index in [1.807, 2.05) is 0 Å². The van der Waals surface area contributed by atoms with Gasteiger partial charge >= 0.3 is 0 Å². The molecule has 1 aromatic rings. The molecular weight excluding hydrogens is 396 g/mol. The Bertz CT molecular complexity index is 659. The molecule has 1 radical (unpaired) electrons. The Morgan fingerprint density at radius 2 is 2.04 bits per heavy atom. The molecule has 3 nitrogen and oxygen atoms in total. The molecule has 0 spiro atoms. The summed E-state index contributed by atoms with van der Waals surface area (Å²) in [6, 6.07) is 4.18. The van der Waals surface area contributed by atoms with Crippen molar-refractivity contribution in [2.45, 2.75) is 13.3 Å². The molecule has 0 unspecified atom stereocenters.